The van der Waals surface area contributed by atoms with Gasteiger partial charge in [-0.3, -0.25) is 0 Å². The molecule has 236 valence electrons. The van der Waals surface area contributed by atoms with Crippen molar-refractivity contribution in [2.45, 2.75) is 0 Å². The molecule has 0 aliphatic rings. The fourth-order valence-electron chi connectivity index (χ4n) is 8.94. The predicted molar refractivity (Wildman–Crippen MR) is 214 cm³/mol. The lowest BCUT2D eigenvalue weighted by Gasteiger charge is -2.16. The number of para-hydroxylation sites is 3. The molecular formula is C48H28N2O. The molecular weight excluding hydrogens is 621 g/mol. The van der Waals surface area contributed by atoms with E-state index in [0.717, 1.165) is 22.4 Å². The number of benzene rings is 9. The summed E-state index contributed by atoms with van der Waals surface area (Å²) in [5.74, 6) is 0. The maximum Gasteiger partial charge on any atom is 0.136 e. The van der Waals surface area contributed by atoms with E-state index in [2.05, 4.69) is 179 Å². The summed E-state index contributed by atoms with van der Waals surface area (Å²) in [6.45, 7) is 0. The van der Waals surface area contributed by atoms with Crippen molar-refractivity contribution >= 4 is 87.1 Å². The first-order valence-corrected chi connectivity index (χ1v) is 17.5. The molecule has 0 radical (unpaired) electrons. The van der Waals surface area contributed by atoms with E-state index < -0.39 is 0 Å². The molecule has 0 bridgehead atoms. The Morgan fingerprint density at radius 1 is 0.314 bits per heavy atom. The summed E-state index contributed by atoms with van der Waals surface area (Å²) in [6, 6.07) is 61.7. The smallest absolute Gasteiger partial charge is 0.136 e. The zero-order valence-corrected chi connectivity index (χ0v) is 27.5. The summed E-state index contributed by atoms with van der Waals surface area (Å²) in [5.41, 5.74) is 11.3. The van der Waals surface area contributed by atoms with Crippen molar-refractivity contribution in [1.29, 1.82) is 0 Å². The van der Waals surface area contributed by atoms with E-state index in [4.69, 9.17) is 4.42 Å². The first kappa shape index (κ1) is 27.0. The molecule has 51 heavy (non-hydrogen) atoms. The third-order valence-corrected chi connectivity index (χ3v) is 11.0. The van der Waals surface area contributed by atoms with Crippen molar-refractivity contribution < 1.29 is 4.42 Å². The molecule has 0 atom stereocenters. The fourth-order valence-corrected chi connectivity index (χ4v) is 8.94. The largest absolute Gasteiger partial charge is 0.456 e. The average molecular weight is 649 g/mol. The quantitative estimate of drug-likeness (QED) is 0.175. The van der Waals surface area contributed by atoms with Crippen molar-refractivity contribution in [3.8, 4) is 22.5 Å². The second kappa shape index (κ2) is 9.87. The van der Waals surface area contributed by atoms with Gasteiger partial charge in [0, 0.05) is 43.4 Å². The van der Waals surface area contributed by atoms with Crippen LogP contribution in [0.5, 0.6) is 0 Å². The van der Waals surface area contributed by atoms with Gasteiger partial charge < -0.3 is 13.6 Å². The lowest BCUT2D eigenvalue weighted by Crippen LogP contribution is -1.97. The Labute approximate surface area is 292 Å². The van der Waals surface area contributed by atoms with E-state index in [0.29, 0.717) is 0 Å². The van der Waals surface area contributed by atoms with Crippen molar-refractivity contribution in [1.82, 2.24) is 9.13 Å². The van der Waals surface area contributed by atoms with Crippen LogP contribution in [0, 0.1) is 0 Å². The van der Waals surface area contributed by atoms with Gasteiger partial charge in [-0.15, -0.1) is 0 Å². The zero-order valence-electron chi connectivity index (χ0n) is 27.5. The molecule has 3 nitrogen and oxygen atoms in total. The normalized spacial score (nSPS) is 12.3. The van der Waals surface area contributed by atoms with Crippen LogP contribution in [0.1, 0.15) is 0 Å². The van der Waals surface area contributed by atoms with E-state index in [-0.39, 0.29) is 0 Å². The second-order valence-electron chi connectivity index (χ2n) is 13.7. The number of aromatic nitrogens is 2. The van der Waals surface area contributed by atoms with E-state index >= 15 is 0 Å². The van der Waals surface area contributed by atoms with Crippen LogP contribution in [0.25, 0.3) is 110 Å². The number of hydrogen-bond acceptors (Lipinski definition) is 1. The third-order valence-electron chi connectivity index (χ3n) is 11.0. The van der Waals surface area contributed by atoms with Crippen molar-refractivity contribution in [2.75, 3.05) is 0 Å². The molecule has 3 heteroatoms. The molecule has 0 spiro atoms. The van der Waals surface area contributed by atoms with E-state index in [9.17, 15) is 0 Å². The number of hydrogen-bond donors (Lipinski definition) is 0. The molecule has 3 heterocycles. The third kappa shape index (κ3) is 3.57. The van der Waals surface area contributed by atoms with Crippen LogP contribution in [0.3, 0.4) is 0 Å². The van der Waals surface area contributed by atoms with Gasteiger partial charge in [-0.25, -0.2) is 0 Å². The van der Waals surface area contributed by atoms with Crippen LogP contribution < -0.4 is 0 Å². The Morgan fingerprint density at radius 2 is 0.902 bits per heavy atom. The minimum Gasteiger partial charge on any atom is -0.456 e. The summed E-state index contributed by atoms with van der Waals surface area (Å²) < 4.78 is 11.5. The van der Waals surface area contributed by atoms with Crippen LogP contribution in [0.15, 0.2) is 174 Å². The van der Waals surface area contributed by atoms with Crippen LogP contribution in [-0.2, 0) is 0 Å². The first-order valence-electron chi connectivity index (χ1n) is 17.5. The van der Waals surface area contributed by atoms with Gasteiger partial charge in [0.15, 0.2) is 0 Å². The number of fused-ring (bicyclic) bond motifs is 9. The topological polar surface area (TPSA) is 23.0 Å². The monoisotopic (exact) mass is 648 g/mol. The van der Waals surface area contributed by atoms with Crippen LogP contribution >= 0.6 is 0 Å². The zero-order chi connectivity index (χ0) is 33.2. The molecule has 9 aromatic carbocycles. The van der Waals surface area contributed by atoms with Gasteiger partial charge in [-0.1, -0.05) is 109 Å². The molecule has 12 rings (SSSR count). The molecule has 0 aliphatic heterocycles. The molecule has 0 fully saturated rings. The van der Waals surface area contributed by atoms with Gasteiger partial charge in [-0.2, -0.15) is 0 Å². The Morgan fingerprint density at radius 3 is 1.67 bits per heavy atom. The van der Waals surface area contributed by atoms with Gasteiger partial charge in [0.1, 0.15) is 11.2 Å². The lowest BCUT2D eigenvalue weighted by atomic mass is 9.91. The molecule has 0 saturated heterocycles. The minimum atomic E-state index is 0.923. The number of rotatable bonds is 3. The Hall–Kier alpha value is -6.84. The van der Waals surface area contributed by atoms with Crippen LogP contribution in [-0.4, -0.2) is 9.13 Å². The molecule has 3 aromatic heterocycles. The highest BCUT2D eigenvalue weighted by Gasteiger charge is 2.23. The maximum absolute atomic E-state index is 6.64. The highest BCUT2D eigenvalue weighted by Crippen LogP contribution is 2.47. The summed E-state index contributed by atoms with van der Waals surface area (Å²) in [4.78, 5) is 0. The first-order chi connectivity index (χ1) is 25.3. The molecule has 0 saturated carbocycles. The maximum atomic E-state index is 6.64. The van der Waals surface area contributed by atoms with E-state index in [1.54, 1.807) is 0 Å². The Kier molecular flexibility index (Phi) is 5.23. The standard InChI is InChI=1S/C48H28N2O/c1-3-13-29(14-4-1)30-25-38-34-19-11-23-41(46(34)35-20-12-24-44-47(35)48(38)45(26-30)51-44)50-40-22-10-8-18-33(40)37-27-42-36(28-43(37)50)32-17-7-9-21-39(32)49(42)31-15-5-2-6-16-31/h1-28H. The molecule has 0 N–H and O–H groups in total. The molecule has 0 amide bonds. The average Bonchev–Trinajstić information content (AvgIpc) is 3.84. The SMILES string of the molecule is c1ccc(-c2cc3oc4cccc5c6c(-n7c8ccccc8c8cc9c(cc87)c7ccccc7n9-c7ccccc7)cccc6c(c2)c3c45)cc1. The van der Waals surface area contributed by atoms with Gasteiger partial charge in [0.25, 0.3) is 0 Å². The second-order valence-corrected chi connectivity index (χ2v) is 13.7. The Bertz CT molecular complexity index is 3340. The number of furan rings is 1. The molecule has 0 unspecified atom stereocenters. The van der Waals surface area contributed by atoms with Crippen LogP contribution in [0.4, 0.5) is 0 Å². The van der Waals surface area contributed by atoms with Crippen LogP contribution in [0.2, 0.25) is 0 Å². The van der Waals surface area contributed by atoms with Crippen molar-refractivity contribution in [3.63, 3.8) is 0 Å². The van der Waals surface area contributed by atoms with Gasteiger partial charge >= 0.3 is 0 Å². The predicted octanol–water partition coefficient (Wildman–Crippen LogP) is 13.2. The summed E-state index contributed by atoms with van der Waals surface area (Å²) in [5, 5.41) is 12.2. The van der Waals surface area contributed by atoms with Gasteiger partial charge in [0.2, 0.25) is 0 Å². The minimum absolute atomic E-state index is 0.923. The fraction of sp³-hybridized carbons (Fsp3) is 0. The Balaban J connectivity index is 1.25. The highest BCUT2D eigenvalue weighted by atomic mass is 16.3. The van der Waals surface area contributed by atoms with Crippen molar-refractivity contribution in [3.05, 3.63) is 170 Å². The van der Waals surface area contributed by atoms with Crippen molar-refractivity contribution in [2.24, 2.45) is 0 Å². The summed E-state index contributed by atoms with van der Waals surface area (Å²) >= 11 is 0. The molecule has 0 aliphatic carbocycles. The summed E-state index contributed by atoms with van der Waals surface area (Å²) in [7, 11) is 0. The van der Waals surface area contributed by atoms with E-state index in [1.807, 2.05) is 0 Å². The lowest BCUT2D eigenvalue weighted by molar-refractivity contribution is 0.669. The van der Waals surface area contributed by atoms with E-state index in [1.165, 1.54) is 87.2 Å². The summed E-state index contributed by atoms with van der Waals surface area (Å²) in [6.07, 6.45) is 0. The molecule has 12 aromatic rings. The van der Waals surface area contributed by atoms with Gasteiger partial charge in [-0.05, 0) is 87.9 Å². The van der Waals surface area contributed by atoms with Gasteiger partial charge in [0.05, 0.1) is 27.8 Å². The highest BCUT2D eigenvalue weighted by molar-refractivity contribution is 6.35. The number of nitrogens with zero attached hydrogens (tertiary/aromatic N) is 2.